The summed E-state index contributed by atoms with van der Waals surface area (Å²) >= 11 is 0. The molecule has 0 aromatic rings. The molecule has 0 unspecified atom stereocenters. The maximum absolute atomic E-state index is 13.8. The van der Waals surface area contributed by atoms with E-state index in [-0.39, 0.29) is 0 Å². The lowest BCUT2D eigenvalue weighted by Crippen LogP contribution is -2.76. The molecule has 0 spiro atoms. The summed E-state index contributed by atoms with van der Waals surface area (Å²) in [5, 5.41) is 0. The molecule has 0 saturated heterocycles. The lowest BCUT2D eigenvalue weighted by molar-refractivity contribution is -0.463. The van der Waals surface area contributed by atoms with Crippen LogP contribution < -0.4 is 0 Å². The van der Waals surface area contributed by atoms with E-state index in [1.165, 1.54) is 0 Å². The van der Waals surface area contributed by atoms with E-state index in [0.717, 1.165) is 0 Å². The zero-order valence-electron chi connectivity index (χ0n) is 19.8. The van der Waals surface area contributed by atoms with Crippen LogP contribution in [0.25, 0.3) is 0 Å². The summed E-state index contributed by atoms with van der Waals surface area (Å²) in [5.41, 5.74) is -1.86. The number of alkyl halides is 18. The Kier molecular flexibility index (Phi) is 10.0. The first kappa shape index (κ1) is 38.2. The number of ether oxygens (including phenoxy) is 2. The lowest BCUT2D eigenvalue weighted by Gasteiger charge is -2.44. The van der Waals surface area contributed by atoms with Crippen molar-refractivity contribution in [1.82, 2.24) is 0 Å². The van der Waals surface area contributed by atoms with Crippen LogP contribution in [0.3, 0.4) is 0 Å². The highest BCUT2D eigenvalue weighted by Gasteiger charge is 2.96. The Morgan fingerprint density at radius 3 is 0.780 bits per heavy atom. The molecule has 0 fully saturated rings. The standard InChI is InChI=1S/C19H14F18O4/c1-7(2)9(38)40-5-11(20,21)13(24,25)15(28,29)17(32,33)19(36,37)18(34,35)16(30,31)14(26,27)12(22,23)6-41-10(39)8(3)4/h1,3,5-6H2,2,4H3. The Labute approximate surface area is 215 Å². The van der Waals surface area contributed by atoms with Gasteiger partial charge in [-0.2, -0.15) is 79.0 Å². The van der Waals surface area contributed by atoms with Gasteiger partial charge in [0.25, 0.3) is 0 Å². The Bertz CT molecular complexity index is 967. The van der Waals surface area contributed by atoms with Crippen molar-refractivity contribution < 1.29 is 98.1 Å². The largest absolute Gasteiger partial charge is 0.456 e. The maximum Gasteiger partial charge on any atom is 0.385 e. The minimum atomic E-state index is -8.96. The Morgan fingerprint density at radius 1 is 0.439 bits per heavy atom. The summed E-state index contributed by atoms with van der Waals surface area (Å²) in [5.74, 6) is -78.0. The second-order valence-corrected chi connectivity index (χ2v) is 8.14. The molecule has 4 nitrogen and oxygen atoms in total. The molecular formula is C19H14F18O4. The summed E-state index contributed by atoms with van der Waals surface area (Å²) in [6, 6.07) is 0. The van der Waals surface area contributed by atoms with Gasteiger partial charge >= 0.3 is 65.2 Å². The second-order valence-electron chi connectivity index (χ2n) is 8.14. The van der Waals surface area contributed by atoms with Gasteiger partial charge in [0.1, 0.15) is 0 Å². The highest BCUT2D eigenvalue weighted by molar-refractivity contribution is 5.87. The van der Waals surface area contributed by atoms with Gasteiger partial charge in [0.15, 0.2) is 13.2 Å². The van der Waals surface area contributed by atoms with Gasteiger partial charge in [0.2, 0.25) is 0 Å². The van der Waals surface area contributed by atoms with Crippen molar-refractivity contribution in [2.24, 2.45) is 0 Å². The Morgan fingerprint density at radius 2 is 0.610 bits per heavy atom. The van der Waals surface area contributed by atoms with Crippen LogP contribution in [-0.2, 0) is 19.1 Å². The second kappa shape index (κ2) is 10.8. The molecule has 0 atom stereocenters. The third-order valence-corrected chi connectivity index (χ3v) is 4.75. The van der Waals surface area contributed by atoms with E-state index in [4.69, 9.17) is 0 Å². The summed E-state index contributed by atoms with van der Waals surface area (Å²) < 4.78 is 254. The van der Waals surface area contributed by atoms with Crippen molar-refractivity contribution in [2.45, 2.75) is 67.2 Å². The van der Waals surface area contributed by atoms with Crippen LogP contribution in [0.4, 0.5) is 79.0 Å². The molecule has 240 valence electrons. The quantitative estimate of drug-likeness (QED) is 0.116. The van der Waals surface area contributed by atoms with Crippen molar-refractivity contribution in [2.75, 3.05) is 13.2 Å². The highest BCUT2D eigenvalue weighted by atomic mass is 19.4. The number of rotatable bonds is 14. The minimum absolute atomic E-state index is 0.619. The lowest BCUT2D eigenvalue weighted by atomic mass is 9.86. The SMILES string of the molecule is C=C(C)C(=O)OCC(F)(F)C(F)(F)C(F)(F)C(F)(F)C(F)(F)C(F)(F)C(F)(F)C(F)(F)C(F)(F)COC(=O)C(=C)C. The first-order chi connectivity index (χ1) is 17.7. The van der Waals surface area contributed by atoms with Crippen LogP contribution in [0.15, 0.2) is 24.3 Å². The van der Waals surface area contributed by atoms with E-state index in [0.29, 0.717) is 13.8 Å². The van der Waals surface area contributed by atoms with Crippen LogP contribution in [-0.4, -0.2) is 78.5 Å². The van der Waals surface area contributed by atoms with Gasteiger partial charge in [0, 0.05) is 11.1 Å². The Balaban J connectivity index is 6.77. The fourth-order valence-electron chi connectivity index (χ4n) is 2.19. The van der Waals surface area contributed by atoms with E-state index in [1.807, 2.05) is 0 Å². The first-order valence-corrected chi connectivity index (χ1v) is 9.71. The van der Waals surface area contributed by atoms with Gasteiger partial charge in [-0.1, -0.05) is 13.2 Å². The zero-order valence-corrected chi connectivity index (χ0v) is 19.8. The van der Waals surface area contributed by atoms with E-state index < -0.39 is 89.6 Å². The predicted molar refractivity (Wildman–Crippen MR) is 96.1 cm³/mol. The normalized spacial score (nSPS) is 14.9. The van der Waals surface area contributed by atoms with Gasteiger partial charge in [-0.15, -0.1) is 0 Å². The smallest absolute Gasteiger partial charge is 0.385 e. The summed E-state index contributed by atoms with van der Waals surface area (Å²) in [6.07, 6.45) is 0. The van der Waals surface area contributed by atoms with E-state index in [2.05, 4.69) is 22.6 Å². The van der Waals surface area contributed by atoms with Crippen LogP contribution >= 0.6 is 0 Å². The summed E-state index contributed by atoms with van der Waals surface area (Å²) in [4.78, 5) is 21.9. The average molecular weight is 648 g/mol. The molecule has 0 rings (SSSR count). The van der Waals surface area contributed by atoms with E-state index >= 15 is 0 Å². The molecule has 0 aromatic heterocycles. The van der Waals surface area contributed by atoms with Gasteiger partial charge in [0.05, 0.1) is 0 Å². The van der Waals surface area contributed by atoms with Crippen molar-refractivity contribution >= 4 is 11.9 Å². The van der Waals surface area contributed by atoms with E-state index in [9.17, 15) is 88.6 Å². The average Bonchev–Trinajstić information content (AvgIpc) is 2.79. The van der Waals surface area contributed by atoms with E-state index in [1.54, 1.807) is 0 Å². The van der Waals surface area contributed by atoms with Crippen LogP contribution in [0, 0.1) is 0 Å². The van der Waals surface area contributed by atoms with Crippen molar-refractivity contribution in [3.05, 3.63) is 24.3 Å². The molecule has 0 saturated carbocycles. The zero-order chi connectivity index (χ0) is 33.6. The topological polar surface area (TPSA) is 52.6 Å². The molecule has 0 aliphatic carbocycles. The summed E-state index contributed by atoms with van der Waals surface area (Å²) in [6.45, 7) is -0.144. The molecule has 0 amide bonds. The monoisotopic (exact) mass is 648 g/mol. The number of hydrogen-bond acceptors (Lipinski definition) is 4. The number of esters is 2. The molecule has 0 radical (unpaired) electrons. The van der Waals surface area contributed by atoms with Gasteiger partial charge in [-0.05, 0) is 13.8 Å². The highest BCUT2D eigenvalue weighted by Crippen LogP contribution is 2.65. The number of carbonyl (C=O) groups is 2. The molecule has 0 heterocycles. The van der Waals surface area contributed by atoms with Crippen molar-refractivity contribution in [3.8, 4) is 0 Å². The fourth-order valence-corrected chi connectivity index (χ4v) is 2.19. The maximum atomic E-state index is 13.8. The minimum Gasteiger partial charge on any atom is -0.456 e. The molecule has 0 aliphatic rings. The van der Waals surface area contributed by atoms with Crippen molar-refractivity contribution in [3.63, 3.8) is 0 Å². The van der Waals surface area contributed by atoms with Crippen molar-refractivity contribution in [1.29, 1.82) is 0 Å². The Hall–Kier alpha value is -2.84. The predicted octanol–water partition coefficient (Wildman–Crippen LogP) is 6.94. The van der Waals surface area contributed by atoms with Gasteiger partial charge < -0.3 is 9.47 Å². The molecule has 41 heavy (non-hydrogen) atoms. The van der Waals surface area contributed by atoms with Crippen LogP contribution in [0.1, 0.15) is 13.8 Å². The molecule has 0 bridgehead atoms. The number of halogens is 18. The van der Waals surface area contributed by atoms with Gasteiger partial charge in [-0.25, -0.2) is 9.59 Å². The number of hydrogen-bond donors (Lipinski definition) is 0. The third kappa shape index (κ3) is 5.78. The fraction of sp³-hybridized carbons (Fsp3) is 0.684. The van der Waals surface area contributed by atoms with Crippen LogP contribution in [0.2, 0.25) is 0 Å². The molecule has 0 N–H and O–H groups in total. The molecular weight excluding hydrogens is 634 g/mol. The van der Waals surface area contributed by atoms with Crippen LogP contribution in [0.5, 0.6) is 0 Å². The third-order valence-electron chi connectivity index (χ3n) is 4.75. The number of carbonyl (C=O) groups excluding carboxylic acids is 2. The van der Waals surface area contributed by atoms with Gasteiger partial charge in [-0.3, -0.25) is 0 Å². The first-order valence-electron chi connectivity index (χ1n) is 9.71. The summed E-state index contributed by atoms with van der Waals surface area (Å²) in [7, 11) is 0. The molecule has 0 aliphatic heterocycles. The molecule has 22 heteroatoms. The molecule has 0 aromatic carbocycles.